The van der Waals surface area contributed by atoms with E-state index in [1.807, 2.05) is 0 Å². The summed E-state index contributed by atoms with van der Waals surface area (Å²) >= 11 is 0. The number of rotatable bonds is 5. The molecule has 0 bridgehead atoms. The van der Waals surface area contributed by atoms with E-state index in [0.29, 0.717) is 0 Å². The zero-order chi connectivity index (χ0) is 13.7. The minimum Gasteiger partial charge on any atom is -0.311 e. The predicted molar refractivity (Wildman–Crippen MR) is 83.5 cm³/mol. The van der Waals surface area contributed by atoms with Crippen LogP contribution in [0.4, 0.5) is 0 Å². The minimum absolute atomic E-state index is 0.728. The van der Waals surface area contributed by atoms with Gasteiger partial charge in [-0.2, -0.15) is 0 Å². The third-order valence-corrected chi connectivity index (χ3v) is 5.00. The summed E-state index contributed by atoms with van der Waals surface area (Å²) in [5, 5.41) is 3.84. The van der Waals surface area contributed by atoms with Gasteiger partial charge >= 0.3 is 0 Å². The van der Waals surface area contributed by atoms with Gasteiger partial charge in [-0.1, -0.05) is 40.0 Å². The number of hydrogen-bond donors (Lipinski definition) is 1. The Kier molecular flexibility index (Phi) is 6.15. The van der Waals surface area contributed by atoms with Crippen LogP contribution in [0.15, 0.2) is 0 Å². The molecule has 0 spiro atoms. The largest absolute Gasteiger partial charge is 0.311 e. The van der Waals surface area contributed by atoms with Gasteiger partial charge in [0.2, 0.25) is 0 Å². The summed E-state index contributed by atoms with van der Waals surface area (Å²) < 4.78 is 0. The summed E-state index contributed by atoms with van der Waals surface area (Å²) in [7, 11) is 0. The van der Waals surface area contributed by atoms with Crippen molar-refractivity contribution in [2.75, 3.05) is 19.6 Å². The summed E-state index contributed by atoms with van der Waals surface area (Å²) in [4.78, 5) is 2.82. The molecule has 19 heavy (non-hydrogen) atoms. The molecule has 0 aromatic carbocycles. The van der Waals surface area contributed by atoms with Crippen LogP contribution >= 0.6 is 0 Å². The van der Waals surface area contributed by atoms with Crippen LogP contribution in [0.2, 0.25) is 0 Å². The first-order valence-electron chi connectivity index (χ1n) is 8.68. The van der Waals surface area contributed by atoms with Crippen molar-refractivity contribution in [3.8, 4) is 0 Å². The average molecular weight is 266 g/mol. The molecule has 0 radical (unpaired) electrons. The van der Waals surface area contributed by atoms with Gasteiger partial charge in [-0.25, -0.2) is 0 Å². The molecule has 2 nitrogen and oxygen atoms in total. The smallest absolute Gasteiger partial charge is 0.0249 e. The fourth-order valence-corrected chi connectivity index (χ4v) is 4.15. The number of nitrogens with zero attached hydrogens (tertiary/aromatic N) is 1. The molecule has 0 aromatic rings. The summed E-state index contributed by atoms with van der Waals surface area (Å²) in [6.07, 6.45) is 9.99. The maximum absolute atomic E-state index is 3.84. The van der Waals surface area contributed by atoms with Crippen LogP contribution in [-0.4, -0.2) is 36.6 Å². The summed E-state index contributed by atoms with van der Waals surface area (Å²) in [5.74, 6) is 1.78. The van der Waals surface area contributed by atoms with Crippen LogP contribution in [0.25, 0.3) is 0 Å². The molecule has 0 amide bonds. The molecule has 1 N–H and O–H groups in total. The van der Waals surface area contributed by atoms with Crippen molar-refractivity contribution in [2.45, 2.75) is 77.8 Å². The Morgan fingerprint density at radius 2 is 1.89 bits per heavy atom. The lowest BCUT2D eigenvalue weighted by molar-refractivity contribution is 0.0673. The second-order valence-electron chi connectivity index (χ2n) is 7.20. The quantitative estimate of drug-likeness (QED) is 0.817. The van der Waals surface area contributed by atoms with Crippen molar-refractivity contribution < 1.29 is 0 Å². The van der Waals surface area contributed by atoms with Gasteiger partial charge in [-0.3, -0.25) is 4.90 Å². The van der Waals surface area contributed by atoms with Crippen molar-refractivity contribution in [3.05, 3.63) is 0 Å². The van der Waals surface area contributed by atoms with E-state index in [4.69, 9.17) is 0 Å². The standard InChI is InChI=1S/C17H34N2/c1-4-10-19-13-16(11-14(2)3)18-12-17(19)15-8-6-5-7-9-15/h14-18H,4-13H2,1-3H3. The Morgan fingerprint density at radius 3 is 2.53 bits per heavy atom. The van der Waals surface area contributed by atoms with Crippen LogP contribution in [0, 0.1) is 11.8 Å². The first kappa shape index (κ1) is 15.3. The number of nitrogens with one attached hydrogen (secondary N) is 1. The van der Waals surface area contributed by atoms with Gasteiger partial charge in [0.25, 0.3) is 0 Å². The van der Waals surface area contributed by atoms with Crippen LogP contribution in [-0.2, 0) is 0 Å². The molecular weight excluding hydrogens is 232 g/mol. The molecule has 2 heteroatoms. The molecular formula is C17H34N2. The van der Waals surface area contributed by atoms with Crippen molar-refractivity contribution >= 4 is 0 Å². The van der Waals surface area contributed by atoms with Crippen molar-refractivity contribution in [3.63, 3.8) is 0 Å². The molecule has 0 aromatic heterocycles. The average Bonchev–Trinajstić information content (AvgIpc) is 2.40. The molecule has 1 aliphatic heterocycles. The fourth-order valence-electron chi connectivity index (χ4n) is 4.15. The monoisotopic (exact) mass is 266 g/mol. The second-order valence-corrected chi connectivity index (χ2v) is 7.20. The van der Waals surface area contributed by atoms with E-state index < -0.39 is 0 Å². The molecule has 2 unspecified atom stereocenters. The topological polar surface area (TPSA) is 15.3 Å². The van der Waals surface area contributed by atoms with Gasteiger partial charge in [0, 0.05) is 25.2 Å². The van der Waals surface area contributed by atoms with Crippen molar-refractivity contribution in [2.24, 2.45) is 11.8 Å². The van der Waals surface area contributed by atoms with Crippen LogP contribution in [0.1, 0.15) is 65.7 Å². The molecule has 112 valence electrons. The lowest BCUT2D eigenvalue weighted by Crippen LogP contribution is -2.59. The van der Waals surface area contributed by atoms with Gasteiger partial charge in [0.05, 0.1) is 0 Å². The van der Waals surface area contributed by atoms with E-state index in [-0.39, 0.29) is 0 Å². The van der Waals surface area contributed by atoms with Gasteiger partial charge in [0.15, 0.2) is 0 Å². The maximum Gasteiger partial charge on any atom is 0.0249 e. The Morgan fingerprint density at radius 1 is 1.16 bits per heavy atom. The van der Waals surface area contributed by atoms with E-state index in [1.54, 1.807) is 0 Å². The van der Waals surface area contributed by atoms with Gasteiger partial charge < -0.3 is 5.32 Å². The van der Waals surface area contributed by atoms with Gasteiger partial charge in [-0.05, 0) is 44.1 Å². The number of hydrogen-bond acceptors (Lipinski definition) is 2. The second kappa shape index (κ2) is 7.64. The zero-order valence-corrected chi connectivity index (χ0v) is 13.3. The normalized spacial score (nSPS) is 30.9. The molecule has 2 rings (SSSR count). The Bertz CT molecular complexity index is 246. The summed E-state index contributed by atoms with van der Waals surface area (Å²) in [6, 6.07) is 1.55. The highest BCUT2D eigenvalue weighted by Crippen LogP contribution is 2.30. The third kappa shape index (κ3) is 4.46. The van der Waals surface area contributed by atoms with E-state index >= 15 is 0 Å². The van der Waals surface area contributed by atoms with E-state index in [1.165, 1.54) is 64.6 Å². The maximum atomic E-state index is 3.84. The molecule has 1 heterocycles. The molecule has 1 aliphatic carbocycles. The lowest BCUT2D eigenvalue weighted by Gasteiger charge is -2.45. The van der Waals surface area contributed by atoms with E-state index in [2.05, 4.69) is 31.0 Å². The molecule has 2 atom stereocenters. The Balaban J connectivity index is 1.91. The zero-order valence-electron chi connectivity index (χ0n) is 13.3. The molecule has 1 saturated heterocycles. The highest BCUT2D eigenvalue weighted by molar-refractivity contribution is 4.91. The van der Waals surface area contributed by atoms with Crippen LogP contribution in [0.5, 0.6) is 0 Å². The van der Waals surface area contributed by atoms with E-state index in [0.717, 1.165) is 23.9 Å². The first-order chi connectivity index (χ1) is 9.20. The summed E-state index contributed by atoms with van der Waals surface area (Å²) in [5.41, 5.74) is 0. The Labute approximate surface area is 120 Å². The highest BCUT2D eigenvalue weighted by Gasteiger charge is 2.33. The number of piperazine rings is 1. The first-order valence-corrected chi connectivity index (χ1v) is 8.68. The predicted octanol–water partition coefficient (Wildman–Crippen LogP) is 3.67. The lowest BCUT2D eigenvalue weighted by atomic mass is 9.81. The SMILES string of the molecule is CCCN1CC(CC(C)C)NCC1C1CCCCC1. The third-order valence-electron chi connectivity index (χ3n) is 5.00. The highest BCUT2D eigenvalue weighted by atomic mass is 15.2. The van der Waals surface area contributed by atoms with Crippen molar-refractivity contribution in [1.29, 1.82) is 0 Å². The molecule has 2 aliphatic rings. The minimum atomic E-state index is 0.728. The van der Waals surface area contributed by atoms with E-state index in [9.17, 15) is 0 Å². The fraction of sp³-hybridized carbons (Fsp3) is 1.00. The Hall–Kier alpha value is -0.0800. The van der Waals surface area contributed by atoms with Crippen LogP contribution < -0.4 is 5.32 Å². The van der Waals surface area contributed by atoms with Gasteiger partial charge in [0.1, 0.15) is 0 Å². The molecule has 2 fully saturated rings. The van der Waals surface area contributed by atoms with Crippen molar-refractivity contribution in [1.82, 2.24) is 10.2 Å². The van der Waals surface area contributed by atoms with Crippen LogP contribution in [0.3, 0.4) is 0 Å². The summed E-state index contributed by atoms with van der Waals surface area (Å²) in [6.45, 7) is 10.8. The molecule has 1 saturated carbocycles. The van der Waals surface area contributed by atoms with Gasteiger partial charge in [-0.15, -0.1) is 0 Å².